The molecule has 0 N–H and O–H groups in total. The fourth-order valence-electron chi connectivity index (χ4n) is 13.6. The molecule has 0 spiro atoms. The predicted molar refractivity (Wildman–Crippen MR) is 375 cm³/mol. The van der Waals surface area contributed by atoms with Crippen LogP contribution in [-0.4, -0.2) is 0 Å². The van der Waals surface area contributed by atoms with Gasteiger partial charge >= 0.3 is 0 Å². The highest BCUT2D eigenvalue weighted by Crippen LogP contribution is 2.51. The number of anilines is 6. The Bertz CT molecular complexity index is 5650. The van der Waals surface area contributed by atoms with Crippen LogP contribution in [0.1, 0.15) is 0 Å². The van der Waals surface area contributed by atoms with Gasteiger partial charge in [-0.25, -0.2) is 8.78 Å². The average Bonchev–Trinajstić information content (AvgIpc) is 1.72. The predicted octanol–water partition coefficient (Wildman–Crippen LogP) is 24.9. The van der Waals surface area contributed by atoms with Gasteiger partial charge < -0.3 is 9.80 Å². The maximum absolute atomic E-state index is 18.3. The number of nitrogens with zero attached hydrogens (tertiary/aromatic N) is 2. The summed E-state index contributed by atoms with van der Waals surface area (Å²) in [6.07, 6.45) is 0. The van der Waals surface area contributed by atoms with Crippen molar-refractivity contribution < 1.29 is 8.78 Å². The zero-order chi connectivity index (χ0) is 59.1. The van der Waals surface area contributed by atoms with Gasteiger partial charge in [-0.15, -0.1) is 11.3 Å². The van der Waals surface area contributed by atoms with Crippen LogP contribution in [0.25, 0.3) is 129 Å². The number of halogens is 2. The summed E-state index contributed by atoms with van der Waals surface area (Å²) in [5, 5.41) is 15.5. The molecule has 0 aliphatic carbocycles. The van der Waals surface area contributed by atoms with Gasteiger partial charge in [-0.2, -0.15) is 0 Å². The SMILES string of the molecule is Fc1c(-c2ccccc2)cc(-c2ccccc2)cc1N(c1ccc2c(c1)sc1c3ccc(N(c4ccc5ccc6ccccc6c5c4)c4cc(-c5ccccc5)cc(-c5ccccc5)c4F)cc3c3ccccc3c21)c1ccc2ccc3ccccc3c2c1. The lowest BCUT2D eigenvalue weighted by Gasteiger charge is -2.28. The molecule has 0 radical (unpaired) electrons. The molecule has 17 aromatic rings. The monoisotopic (exact) mass is 1160 g/mol. The van der Waals surface area contributed by atoms with Crippen molar-refractivity contribution in [1.82, 2.24) is 0 Å². The Labute approximate surface area is 517 Å². The average molecular weight is 1160 g/mol. The van der Waals surface area contributed by atoms with Gasteiger partial charge in [0.1, 0.15) is 0 Å². The van der Waals surface area contributed by atoms with E-state index in [1.165, 1.54) is 0 Å². The van der Waals surface area contributed by atoms with Gasteiger partial charge in [0, 0.05) is 59.4 Å². The molecule has 0 saturated carbocycles. The Morgan fingerprint density at radius 1 is 0.236 bits per heavy atom. The van der Waals surface area contributed by atoms with E-state index in [4.69, 9.17) is 0 Å². The van der Waals surface area contributed by atoms with Gasteiger partial charge in [0.05, 0.1) is 11.4 Å². The highest BCUT2D eigenvalue weighted by molar-refractivity contribution is 7.27. The summed E-state index contributed by atoms with van der Waals surface area (Å²) in [7, 11) is 0. The maximum Gasteiger partial charge on any atom is 0.155 e. The Balaban J connectivity index is 0.896. The van der Waals surface area contributed by atoms with Crippen molar-refractivity contribution in [2.75, 3.05) is 9.80 Å². The lowest BCUT2D eigenvalue weighted by molar-refractivity contribution is 0.632. The smallest absolute Gasteiger partial charge is 0.155 e. The Hall–Kier alpha value is -11.2. The zero-order valence-electron chi connectivity index (χ0n) is 48.1. The van der Waals surface area contributed by atoms with Crippen molar-refractivity contribution in [3.05, 3.63) is 327 Å². The van der Waals surface area contributed by atoms with Gasteiger partial charge in [-0.1, -0.05) is 243 Å². The minimum absolute atomic E-state index is 0.313. The second-order valence-corrected chi connectivity index (χ2v) is 24.0. The molecule has 0 saturated heterocycles. The first kappa shape index (κ1) is 52.1. The minimum Gasteiger partial charge on any atom is -0.308 e. The highest BCUT2D eigenvalue weighted by Gasteiger charge is 2.27. The van der Waals surface area contributed by atoms with Gasteiger partial charge in [0.25, 0.3) is 0 Å². The molecule has 0 atom stereocenters. The summed E-state index contributed by atoms with van der Waals surface area (Å²) in [4.78, 5) is 4.23. The van der Waals surface area contributed by atoms with Crippen molar-refractivity contribution in [3.8, 4) is 44.5 Å². The molecule has 5 heteroatoms. The van der Waals surface area contributed by atoms with Crippen molar-refractivity contribution >= 4 is 130 Å². The molecule has 1 heterocycles. The number of fused-ring (bicyclic) bond motifs is 14. The third-order valence-corrected chi connectivity index (χ3v) is 19.1. The number of rotatable bonds is 10. The van der Waals surface area contributed by atoms with E-state index in [1.807, 2.05) is 121 Å². The molecular weight excluding hydrogens is 1110 g/mol. The highest BCUT2D eigenvalue weighted by atomic mass is 32.1. The first-order chi connectivity index (χ1) is 44.0. The normalized spacial score (nSPS) is 11.7. The summed E-state index contributed by atoms with van der Waals surface area (Å²) in [5.74, 6) is -0.629. The van der Waals surface area contributed by atoms with Crippen LogP contribution in [0, 0.1) is 11.6 Å². The van der Waals surface area contributed by atoms with Crippen LogP contribution in [-0.2, 0) is 0 Å². The number of hydrogen-bond donors (Lipinski definition) is 0. The maximum atomic E-state index is 18.3. The van der Waals surface area contributed by atoms with Crippen LogP contribution in [0.2, 0.25) is 0 Å². The lowest BCUT2D eigenvalue weighted by atomic mass is 9.95. The van der Waals surface area contributed by atoms with Crippen LogP contribution in [0.4, 0.5) is 42.9 Å². The van der Waals surface area contributed by atoms with Gasteiger partial charge in [-0.05, 0) is 165 Å². The van der Waals surface area contributed by atoms with Crippen molar-refractivity contribution in [2.24, 2.45) is 0 Å². The van der Waals surface area contributed by atoms with Gasteiger partial charge in [-0.3, -0.25) is 0 Å². The van der Waals surface area contributed by atoms with Crippen LogP contribution in [0.3, 0.4) is 0 Å². The van der Waals surface area contributed by atoms with Gasteiger partial charge in [0.2, 0.25) is 0 Å². The van der Waals surface area contributed by atoms with E-state index in [0.29, 0.717) is 22.5 Å². The van der Waals surface area contributed by atoms with E-state index < -0.39 is 0 Å². The fourth-order valence-corrected chi connectivity index (χ4v) is 14.9. The minimum atomic E-state index is -0.316. The molecular formula is C84H52F2N2S. The molecule has 0 fully saturated rings. The van der Waals surface area contributed by atoms with Gasteiger partial charge in [0.15, 0.2) is 11.6 Å². The first-order valence-electron chi connectivity index (χ1n) is 30.1. The van der Waals surface area contributed by atoms with Crippen molar-refractivity contribution in [2.45, 2.75) is 0 Å². The third kappa shape index (κ3) is 8.88. The van der Waals surface area contributed by atoms with E-state index in [1.54, 1.807) is 11.3 Å². The van der Waals surface area contributed by atoms with E-state index in [2.05, 4.69) is 204 Å². The second-order valence-electron chi connectivity index (χ2n) is 23.0. The van der Waals surface area contributed by atoms with E-state index in [9.17, 15) is 0 Å². The fraction of sp³-hybridized carbons (Fsp3) is 0. The molecule has 0 amide bonds. The van der Waals surface area contributed by atoms with Crippen molar-refractivity contribution in [1.29, 1.82) is 0 Å². The molecule has 89 heavy (non-hydrogen) atoms. The molecule has 0 aliphatic rings. The van der Waals surface area contributed by atoms with Crippen LogP contribution >= 0.6 is 11.3 Å². The topological polar surface area (TPSA) is 6.48 Å². The summed E-state index contributed by atoms with van der Waals surface area (Å²) in [5.41, 5.74) is 10.7. The number of hydrogen-bond acceptors (Lipinski definition) is 3. The summed E-state index contributed by atoms with van der Waals surface area (Å²) in [6, 6.07) is 109. The molecule has 17 rings (SSSR count). The van der Waals surface area contributed by atoms with Crippen LogP contribution in [0.5, 0.6) is 0 Å². The molecule has 0 bridgehead atoms. The Morgan fingerprint density at radius 3 is 1.08 bits per heavy atom. The quantitative estimate of drug-likeness (QED) is 0.126. The molecule has 0 unspecified atom stereocenters. The van der Waals surface area contributed by atoms with Crippen LogP contribution < -0.4 is 9.80 Å². The molecule has 16 aromatic carbocycles. The zero-order valence-corrected chi connectivity index (χ0v) is 48.9. The first-order valence-corrected chi connectivity index (χ1v) is 30.9. The lowest BCUT2D eigenvalue weighted by Crippen LogP contribution is -2.13. The molecule has 418 valence electrons. The molecule has 2 nitrogen and oxygen atoms in total. The third-order valence-electron chi connectivity index (χ3n) is 17.9. The number of benzene rings is 16. The van der Waals surface area contributed by atoms with E-state index in [0.717, 1.165) is 141 Å². The largest absolute Gasteiger partial charge is 0.308 e. The molecule has 0 aliphatic heterocycles. The number of thiophene rings is 1. The standard InChI is InChI=1S/C84H52F2N2S/c85-82-75(55-23-9-3-10-24-55)45-61(53-19-5-1-6-20-53)47-78(82)87(63-39-37-59-35-33-57-27-13-15-29-67(57)73(59)49-63)65-41-43-71-77(51-65)69-31-17-18-32-70(69)81-72-44-42-66(52-80(72)89-84(71)81)88(64-40-38-60-36-34-58-28-14-16-30-68(58)74(60)50-64)79-48-62(54-21-7-2-8-22-54)46-76(83(79)86)56-25-11-4-12-26-56/h1-52H. The van der Waals surface area contributed by atoms with E-state index in [-0.39, 0.29) is 11.6 Å². The Morgan fingerprint density at radius 2 is 0.596 bits per heavy atom. The second kappa shape index (κ2) is 21.3. The van der Waals surface area contributed by atoms with Crippen molar-refractivity contribution in [3.63, 3.8) is 0 Å². The molecule has 1 aromatic heterocycles. The Kier molecular flexibility index (Phi) is 12.5. The summed E-state index contributed by atoms with van der Waals surface area (Å²) < 4.78 is 38.8. The van der Waals surface area contributed by atoms with E-state index >= 15 is 8.78 Å². The van der Waals surface area contributed by atoms with Crippen LogP contribution in [0.15, 0.2) is 315 Å². The summed E-state index contributed by atoms with van der Waals surface area (Å²) in [6.45, 7) is 0. The summed E-state index contributed by atoms with van der Waals surface area (Å²) >= 11 is 1.75.